The lowest BCUT2D eigenvalue weighted by Gasteiger charge is -2.26. The van der Waals surface area contributed by atoms with Crippen LogP contribution in [0.1, 0.15) is 0 Å². The monoisotopic (exact) mass is 804 g/mol. The number of aromatic nitrogens is 1. The predicted octanol–water partition coefficient (Wildman–Crippen LogP) is 16.8. The summed E-state index contributed by atoms with van der Waals surface area (Å²) in [5, 5.41) is 4.77. The molecule has 0 N–H and O–H groups in total. The fourth-order valence-corrected chi connectivity index (χ4v) is 9.42. The van der Waals surface area contributed by atoms with E-state index in [1.165, 1.54) is 44.1 Å². The van der Waals surface area contributed by atoms with E-state index in [0.717, 1.165) is 66.9 Å². The molecule has 12 aromatic rings. The summed E-state index contributed by atoms with van der Waals surface area (Å²) in [7, 11) is 0. The van der Waals surface area contributed by atoms with Crippen molar-refractivity contribution in [3.8, 4) is 50.2 Å². The second kappa shape index (κ2) is 15.3. The molecule has 63 heavy (non-hydrogen) atoms. The number of hydrogen-bond acceptors (Lipinski definition) is 2. The van der Waals surface area contributed by atoms with E-state index < -0.39 is 0 Å². The van der Waals surface area contributed by atoms with Crippen LogP contribution in [0, 0.1) is 0 Å². The van der Waals surface area contributed by atoms with Gasteiger partial charge < -0.3 is 13.9 Å². The second-order valence-electron chi connectivity index (χ2n) is 16.1. The predicted molar refractivity (Wildman–Crippen MR) is 264 cm³/mol. The van der Waals surface area contributed by atoms with Gasteiger partial charge in [0.1, 0.15) is 11.2 Å². The summed E-state index contributed by atoms with van der Waals surface area (Å²) >= 11 is 0. The number of hydrogen-bond donors (Lipinski definition) is 0. The van der Waals surface area contributed by atoms with Gasteiger partial charge in [0.25, 0.3) is 0 Å². The van der Waals surface area contributed by atoms with Crippen molar-refractivity contribution in [2.24, 2.45) is 0 Å². The van der Waals surface area contributed by atoms with Crippen molar-refractivity contribution in [3.05, 3.63) is 243 Å². The molecule has 0 aliphatic carbocycles. The molecule has 296 valence electrons. The maximum absolute atomic E-state index is 6.31. The Balaban J connectivity index is 0.948. The van der Waals surface area contributed by atoms with E-state index in [2.05, 4.69) is 240 Å². The molecule has 0 fully saturated rings. The zero-order chi connectivity index (χ0) is 41.7. The zero-order valence-electron chi connectivity index (χ0n) is 34.4. The Morgan fingerprint density at radius 3 is 1.48 bits per heavy atom. The highest BCUT2D eigenvalue weighted by atomic mass is 16.3. The first-order valence-electron chi connectivity index (χ1n) is 21.5. The number of furan rings is 1. The largest absolute Gasteiger partial charge is 0.456 e. The fourth-order valence-electron chi connectivity index (χ4n) is 9.42. The molecule has 12 rings (SSSR count). The molecule has 0 atom stereocenters. The van der Waals surface area contributed by atoms with Crippen molar-refractivity contribution in [1.82, 2.24) is 4.57 Å². The molecule has 0 aliphatic rings. The van der Waals surface area contributed by atoms with Crippen LogP contribution in [-0.4, -0.2) is 4.57 Å². The van der Waals surface area contributed by atoms with E-state index in [0.29, 0.717) is 0 Å². The molecule has 0 saturated heterocycles. The Bertz CT molecular complexity index is 3560. The zero-order valence-corrected chi connectivity index (χ0v) is 34.4. The minimum Gasteiger partial charge on any atom is -0.456 e. The van der Waals surface area contributed by atoms with E-state index in [1.807, 2.05) is 12.1 Å². The van der Waals surface area contributed by atoms with Crippen LogP contribution in [0.25, 0.3) is 93.9 Å². The summed E-state index contributed by atoms with van der Waals surface area (Å²) in [6.45, 7) is 0. The molecule has 0 radical (unpaired) electrons. The van der Waals surface area contributed by atoms with Crippen LogP contribution in [0.5, 0.6) is 0 Å². The van der Waals surface area contributed by atoms with Crippen molar-refractivity contribution in [1.29, 1.82) is 0 Å². The average molecular weight is 805 g/mol. The average Bonchev–Trinajstić information content (AvgIpc) is 3.91. The quantitative estimate of drug-likeness (QED) is 0.153. The fraction of sp³-hybridized carbons (Fsp3) is 0. The lowest BCUT2D eigenvalue weighted by Crippen LogP contribution is -2.10. The molecule has 10 aromatic carbocycles. The Kier molecular flexibility index (Phi) is 8.83. The standard InChI is InChI=1S/C60H40N2O/c1-2-14-41(15-3-1)44-16-10-17-45(38-44)42-30-34-48(35-31-42)61(50-20-12-19-47(40-50)52-25-13-29-59-60(52)55-24-6-9-28-58(55)63-59)49-36-32-43(33-37-49)46-18-11-21-51(39-46)62-56-26-7-4-22-53(56)54-23-5-8-27-57(54)62/h1-40H. The van der Waals surface area contributed by atoms with Crippen LogP contribution >= 0.6 is 0 Å². The van der Waals surface area contributed by atoms with Gasteiger partial charge >= 0.3 is 0 Å². The maximum Gasteiger partial charge on any atom is 0.136 e. The first-order chi connectivity index (χ1) is 31.2. The second-order valence-corrected chi connectivity index (χ2v) is 16.1. The van der Waals surface area contributed by atoms with Gasteiger partial charge in [0.15, 0.2) is 0 Å². The van der Waals surface area contributed by atoms with Gasteiger partial charge in [-0.05, 0) is 123 Å². The van der Waals surface area contributed by atoms with Crippen molar-refractivity contribution in [2.75, 3.05) is 4.90 Å². The number of nitrogens with zero attached hydrogens (tertiary/aromatic N) is 2. The van der Waals surface area contributed by atoms with Gasteiger partial charge in [0.05, 0.1) is 11.0 Å². The van der Waals surface area contributed by atoms with Crippen molar-refractivity contribution in [2.45, 2.75) is 0 Å². The smallest absolute Gasteiger partial charge is 0.136 e. The third kappa shape index (κ3) is 6.46. The first-order valence-corrected chi connectivity index (χ1v) is 21.5. The Morgan fingerprint density at radius 1 is 0.302 bits per heavy atom. The van der Waals surface area contributed by atoms with Crippen molar-refractivity contribution in [3.63, 3.8) is 0 Å². The molecule has 2 aromatic heterocycles. The molecule has 0 aliphatic heterocycles. The van der Waals surface area contributed by atoms with Gasteiger partial charge in [-0.2, -0.15) is 0 Å². The van der Waals surface area contributed by atoms with Crippen molar-refractivity contribution < 1.29 is 4.42 Å². The van der Waals surface area contributed by atoms with Crippen LogP contribution in [0.2, 0.25) is 0 Å². The summed E-state index contributed by atoms with van der Waals surface area (Å²) in [5.74, 6) is 0. The molecular weight excluding hydrogens is 765 g/mol. The lowest BCUT2D eigenvalue weighted by molar-refractivity contribution is 0.669. The SMILES string of the molecule is c1ccc(-c2cccc(-c3ccc(N(c4ccc(-c5cccc(-n6c7ccccc7c7ccccc76)c5)cc4)c4cccc(-c5cccc6oc7ccccc7c56)c4)cc3)c2)cc1. The van der Waals surface area contributed by atoms with Gasteiger partial charge in [0.2, 0.25) is 0 Å². The maximum atomic E-state index is 6.31. The van der Waals surface area contributed by atoms with Gasteiger partial charge in [-0.1, -0.05) is 164 Å². The molecular formula is C60H40N2O. The van der Waals surface area contributed by atoms with E-state index in [4.69, 9.17) is 4.42 Å². The van der Waals surface area contributed by atoms with Gasteiger partial charge in [-0.15, -0.1) is 0 Å². The van der Waals surface area contributed by atoms with E-state index in [1.54, 1.807) is 0 Å². The van der Waals surface area contributed by atoms with Crippen LogP contribution < -0.4 is 4.90 Å². The van der Waals surface area contributed by atoms with Crippen LogP contribution in [0.15, 0.2) is 247 Å². The molecule has 0 unspecified atom stereocenters. The van der Waals surface area contributed by atoms with Gasteiger partial charge in [-0.3, -0.25) is 0 Å². The number of benzene rings is 10. The Labute approximate surface area is 366 Å². The Morgan fingerprint density at radius 2 is 0.794 bits per heavy atom. The van der Waals surface area contributed by atoms with Crippen LogP contribution in [0.3, 0.4) is 0 Å². The normalized spacial score (nSPS) is 11.5. The molecule has 0 spiro atoms. The summed E-state index contributed by atoms with van der Waals surface area (Å²) < 4.78 is 8.69. The first kappa shape index (κ1) is 36.5. The number of para-hydroxylation sites is 3. The molecule has 0 saturated carbocycles. The highest BCUT2D eigenvalue weighted by Crippen LogP contribution is 2.42. The highest BCUT2D eigenvalue weighted by Gasteiger charge is 2.18. The number of anilines is 3. The third-order valence-corrected chi connectivity index (χ3v) is 12.4. The third-order valence-electron chi connectivity index (χ3n) is 12.4. The molecule has 3 nitrogen and oxygen atoms in total. The van der Waals surface area contributed by atoms with Gasteiger partial charge in [0, 0.05) is 44.3 Å². The van der Waals surface area contributed by atoms with E-state index >= 15 is 0 Å². The minimum absolute atomic E-state index is 0.890. The molecule has 0 bridgehead atoms. The van der Waals surface area contributed by atoms with Crippen molar-refractivity contribution >= 4 is 60.8 Å². The topological polar surface area (TPSA) is 21.3 Å². The molecule has 3 heteroatoms. The van der Waals surface area contributed by atoms with E-state index in [9.17, 15) is 0 Å². The number of fused-ring (bicyclic) bond motifs is 6. The summed E-state index contributed by atoms with van der Waals surface area (Å²) in [5.41, 5.74) is 17.9. The van der Waals surface area contributed by atoms with Gasteiger partial charge in [-0.25, -0.2) is 0 Å². The summed E-state index contributed by atoms with van der Waals surface area (Å²) in [4.78, 5) is 2.36. The van der Waals surface area contributed by atoms with E-state index in [-0.39, 0.29) is 0 Å². The summed E-state index contributed by atoms with van der Waals surface area (Å²) in [6.07, 6.45) is 0. The summed E-state index contributed by atoms with van der Waals surface area (Å²) in [6, 6.07) is 87.1. The van der Waals surface area contributed by atoms with Crippen LogP contribution in [0.4, 0.5) is 17.1 Å². The molecule has 2 heterocycles. The van der Waals surface area contributed by atoms with Crippen LogP contribution in [-0.2, 0) is 0 Å². The lowest BCUT2D eigenvalue weighted by atomic mass is 9.98. The minimum atomic E-state index is 0.890. The molecule has 0 amide bonds. The highest BCUT2D eigenvalue weighted by molar-refractivity contribution is 6.13. The number of rotatable bonds is 8. The Hall–Kier alpha value is -8.40.